The number of anilines is 3. The zero-order valence-electron chi connectivity index (χ0n) is 15.2. The first-order valence-corrected chi connectivity index (χ1v) is 8.54. The van der Waals surface area contributed by atoms with Gasteiger partial charge in [-0.2, -0.15) is 0 Å². The molecular formula is C21H21N3O3. The second-order valence-electron chi connectivity index (χ2n) is 6.02. The highest BCUT2D eigenvalue weighted by atomic mass is 16.5. The lowest BCUT2D eigenvalue weighted by molar-refractivity contribution is -0.115. The molecule has 138 valence electrons. The number of hydrogen-bond acceptors (Lipinski definition) is 4. The number of rotatable bonds is 6. The molecule has 0 heterocycles. The first-order valence-electron chi connectivity index (χ1n) is 8.54. The summed E-state index contributed by atoms with van der Waals surface area (Å²) in [6, 6.07) is 19.0. The van der Waals surface area contributed by atoms with E-state index in [1.54, 1.807) is 18.2 Å². The Bertz CT molecular complexity index is 980. The zero-order chi connectivity index (χ0) is 19.2. The van der Waals surface area contributed by atoms with Gasteiger partial charge in [0.25, 0.3) is 0 Å². The molecular weight excluding hydrogens is 342 g/mol. The quantitative estimate of drug-likeness (QED) is 0.621. The number of amides is 2. The van der Waals surface area contributed by atoms with Crippen LogP contribution in [-0.2, 0) is 9.59 Å². The lowest BCUT2D eigenvalue weighted by Gasteiger charge is -2.13. The number of fused-ring (bicyclic) bond motifs is 1. The van der Waals surface area contributed by atoms with Crippen molar-refractivity contribution >= 4 is 39.6 Å². The van der Waals surface area contributed by atoms with Crippen LogP contribution in [0.2, 0.25) is 0 Å². The molecule has 3 rings (SSSR count). The highest BCUT2D eigenvalue weighted by Gasteiger charge is 2.10. The van der Waals surface area contributed by atoms with Crippen molar-refractivity contribution in [3.05, 3.63) is 60.7 Å². The number of carbonyl (C=O) groups excluding carboxylic acids is 2. The van der Waals surface area contributed by atoms with Crippen LogP contribution in [0.1, 0.15) is 6.92 Å². The van der Waals surface area contributed by atoms with Gasteiger partial charge in [-0.25, -0.2) is 0 Å². The molecule has 0 bridgehead atoms. The van der Waals surface area contributed by atoms with Gasteiger partial charge in [-0.05, 0) is 29.7 Å². The van der Waals surface area contributed by atoms with Gasteiger partial charge in [0.2, 0.25) is 11.8 Å². The minimum Gasteiger partial charge on any atom is -0.495 e. The monoisotopic (exact) mass is 363 g/mol. The van der Waals surface area contributed by atoms with Crippen molar-refractivity contribution in [2.45, 2.75) is 6.92 Å². The Kier molecular flexibility index (Phi) is 5.56. The fourth-order valence-electron chi connectivity index (χ4n) is 2.84. The normalized spacial score (nSPS) is 10.3. The van der Waals surface area contributed by atoms with E-state index in [4.69, 9.17) is 4.74 Å². The maximum Gasteiger partial charge on any atom is 0.243 e. The highest BCUT2D eigenvalue weighted by Crippen LogP contribution is 2.28. The van der Waals surface area contributed by atoms with Crippen molar-refractivity contribution in [2.24, 2.45) is 0 Å². The van der Waals surface area contributed by atoms with Gasteiger partial charge in [-0.15, -0.1) is 0 Å². The molecule has 0 aliphatic carbocycles. The van der Waals surface area contributed by atoms with Gasteiger partial charge in [-0.3, -0.25) is 9.59 Å². The average molecular weight is 363 g/mol. The van der Waals surface area contributed by atoms with Crippen LogP contribution in [0.4, 0.5) is 17.1 Å². The number of hydrogen-bond donors (Lipinski definition) is 3. The Morgan fingerprint density at radius 1 is 0.926 bits per heavy atom. The van der Waals surface area contributed by atoms with E-state index < -0.39 is 0 Å². The summed E-state index contributed by atoms with van der Waals surface area (Å²) in [5, 5.41) is 10.8. The van der Waals surface area contributed by atoms with Crippen LogP contribution in [0, 0.1) is 0 Å². The molecule has 0 atom stereocenters. The Labute approximate surface area is 157 Å². The average Bonchev–Trinajstić information content (AvgIpc) is 2.66. The Hall–Kier alpha value is -3.54. The van der Waals surface area contributed by atoms with Crippen molar-refractivity contribution in [1.82, 2.24) is 0 Å². The van der Waals surface area contributed by atoms with Crippen molar-refractivity contribution in [3.63, 3.8) is 0 Å². The van der Waals surface area contributed by atoms with Gasteiger partial charge >= 0.3 is 0 Å². The fourth-order valence-corrected chi connectivity index (χ4v) is 2.84. The SMILES string of the molecule is COc1ccc(NC(C)=O)cc1NC(=O)CNc1cccc2ccccc12. The number of nitrogens with one attached hydrogen (secondary N) is 3. The summed E-state index contributed by atoms with van der Waals surface area (Å²) in [6.45, 7) is 1.53. The summed E-state index contributed by atoms with van der Waals surface area (Å²) in [5.74, 6) is 0.110. The summed E-state index contributed by atoms with van der Waals surface area (Å²) in [6.07, 6.45) is 0. The third kappa shape index (κ3) is 4.55. The summed E-state index contributed by atoms with van der Waals surface area (Å²) >= 11 is 0. The second-order valence-corrected chi connectivity index (χ2v) is 6.02. The maximum absolute atomic E-state index is 12.4. The largest absolute Gasteiger partial charge is 0.495 e. The molecule has 2 amide bonds. The predicted octanol–water partition coefficient (Wildman–Crippen LogP) is 3.86. The van der Waals surface area contributed by atoms with Gasteiger partial charge in [0.1, 0.15) is 5.75 Å². The number of methoxy groups -OCH3 is 1. The van der Waals surface area contributed by atoms with Crippen LogP contribution in [0.25, 0.3) is 10.8 Å². The van der Waals surface area contributed by atoms with Crippen LogP contribution in [0.5, 0.6) is 5.75 Å². The maximum atomic E-state index is 12.4. The van der Waals surface area contributed by atoms with Gasteiger partial charge in [0, 0.05) is 23.7 Å². The molecule has 3 N–H and O–H groups in total. The molecule has 6 heteroatoms. The van der Waals surface area contributed by atoms with E-state index in [2.05, 4.69) is 16.0 Å². The third-order valence-corrected chi connectivity index (χ3v) is 4.02. The summed E-state index contributed by atoms with van der Waals surface area (Å²) in [7, 11) is 1.53. The van der Waals surface area contributed by atoms with Crippen LogP contribution in [-0.4, -0.2) is 25.5 Å². The number of carbonyl (C=O) groups is 2. The molecule has 0 unspecified atom stereocenters. The predicted molar refractivity (Wildman–Crippen MR) is 108 cm³/mol. The lowest BCUT2D eigenvalue weighted by Crippen LogP contribution is -2.22. The molecule has 0 aliphatic heterocycles. The first kappa shape index (κ1) is 18.3. The highest BCUT2D eigenvalue weighted by molar-refractivity contribution is 5.99. The van der Waals surface area contributed by atoms with Crippen LogP contribution < -0.4 is 20.7 Å². The van der Waals surface area contributed by atoms with Crippen molar-refractivity contribution in [2.75, 3.05) is 29.6 Å². The van der Waals surface area contributed by atoms with E-state index in [1.165, 1.54) is 14.0 Å². The summed E-state index contributed by atoms with van der Waals surface area (Å²) in [4.78, 5) is 23.6. The van der Waals surface area contributed by atoms with Crippen molar-refractivity contribution in [3.8, 4) is 5.75 Å². The summed E-state index contributed by atoms with van der Waals surface area (Å²) < 4.78 is 5.28. The van der Waals surface area contributed by atoms with E-state index in [9.17, 15) is 9.59 Å². The molecule has 3 aromatic carbocycles. The Morgan fingerprint density at radius 3 is 2.48 bits per heavy atom. The zero-order valence-corrected chi connectivity index (χ0v) is 15.2. The molecule has 6 nitrogen and oxygen atoms in total. The molecule has 0 fully saturated rings. The van der Waals surface area contributed by atoms with E-state index >= 15 is 0 Å². The Balaban J connectivity index is 1.71. The molecule has 0 spiro atoms. The van der Waals surface area contributed by atoms with Crippen molar-refractivity contribution < 1.29 is 14.3 Å². The topological polar surface area (TPSA) is 79.5 Å². The van der Waals surface area contributed by atoms with Crippen LogP contribution >= 0.6 is 0 Å². The van der Waals surface area contributed by atoms with Gasteiger partial charge < -0.3 is 20.7 Å². The van der Waals surface area contributed by atoms with Gasteiger partial charge in [0.05, 0.1) is 19.3 Å². The van der Waals surface area contributed by atoms with E-state index in [0.29, 0.717) is 17.1 Å². The van der Waals surface area contributed by atoms with Crippen molar-refractivity contribution in [1.29, 1.82) is 0 Å². The smallest absolute Gasteiger partial charge is 0.243 e. The molecule has 0 aliphatic rings. The molecule has 27 heavy (non-hydrogen) atoms. The van der Waals surface area contributed by atoms with Gasteiger partial charge in [0.15, 0.2) is 0 Å². The molecule has 0 aromatic heterocycles. The minimum absolute atomic E-state index is 0.0987. The molecule has 3 aromatic rings. The fraction of sp³-hybridized carbons (Fsp3) is 0.143. The van der Waals surface area contributed by atoms with Crippen LogP contribution in [0.3, 0.4) is 0 Å². The minimum atomic E-state index is -0.221. The first-order chi connectivity index (χ1) is 13.1. The van der Waals surface area contributed by atoms with E-state index in [1.807, 2.05) is 42.5 Å². The lowest BCUT2D eigenvalue weighted by atomic mass is 10.1. The molecule has 0 radical (unpaired) electrons. The van der Waals surface area contributed by atoms with Gasteiger partial charge in [-0.1, -0.05) is 36.4 Å². The summed E-state index contributed by atoms with van der Waals surface area (Å²) in [5.41, 5.74) is 1.97. The number of benzene rings is 3. The second kappa shape index (κ2) is 8.23. The van der Waals surface area contributed by atoms with E-state index in [0.717, 1.165) is 16.5 Å². The molecule has 0 saturated carbocycles. The molecule has 0 saturated heterocycles. The Morgan fingerprint density at radius 2 is 1.70 bits per heavy atom. The standard InChI is InChI=1S/C21H21N3O3/c1-14(25)23-16-10-11-20(27-2)19(12-16)24-21(26)13-22-18-9-5-7-15-6-3-4-8-17(15)18/h3-12,22H,13H2,1-2H3,(H,23,25)(H,24,26). The van der Waals surface area contributed by atoms with Crippen LogP contribution in [0.15, 0.2) is 60.7 Å². The number of ether oxygens (including phenoxy) is 1. The third-order valence-electron chi connectivity index (χ3n) is 4.02. The van der Waals surface area contributed by atoms with E-state index in [-0.39, 0.29) is 18.4 Å².